The molecule has 11 nitrogen and oxygen atoms in total. The summed E-state index contributed by atoms with van der Waals surface area (Å²) in [6, 6.07) is 12.9. The molecule has 12 heteroatoms. The first-order valence-electron chi connectivity index (χ1n) is 12.1. The Balaban J connectivity index is 1.81. The number of sulfonamides is 1. The number of nitro groups is 1. The van der Waals surface area contributed by atoms with E-state index in [9.17, 15) is 28.4 Å². The summed E-state index contributed by atoms with van der Waals surface area (Å²) in [5.74, 6) is -0.0760. The number of carbonyl (C=O) groups is 1. The topological polar surface area (TPSA) is 148 Å². The van der Waals surface area contributed by atoms with E-state index in [0.717, 1.165) is 22.0 Å². The van der Waals surface area contributed by atoms with Crippen molar-refractivity contribution in [2.45, 2.75) is 49.8 Å². The summed E-state index contributed by atoms with van der Waals surface area (Å²) in [6.45, 7) is 4.27. The van der Waals surface area contributed by atoms with E-state index >= 15 is 0 Å². The molecule has 3 atom stereocenters. The molecule has 1 aliphatic rings. The fourth-order valence-corrected chi connectivity index (χ4v) is 5.62. The van der Waals surface area contributed by atoms with Crippen LogP contribution in [-0.4, -0.2) is 73.4 Å². The van der Waals surface area contributed by atoms with Gasteiger partial charge in [-0.15, -0.1) is 0 Å². The molecule has 1 saturated heterocycles. The number of benzene rings is 2. The number of aliphatic hydroxyl groups excluding tert-OH is 1. The number of hydrogen-bond donors (Lipinski definition) is 2. The van der Waals surface area contributed by atoms with Gasteiger partial charge in [0.2, 0.25) is 10.0 Å². The van der Waals surface area contributed by atoms with Crippen molar-refractivity contribution < 1.29 is 32.7 Å². The van der Waals surface area contributed by atoms with Crippen molar-refractivity contribution in [3.8, 4) is 0 Å². The zero-order valence-corrected chi connectivity index (χ0v) is 21.7. The van der Waals surface area contributed by atoms with Crippen LogP contribution in [0.25, 0.3) is 0 Å². The maximum Gasteiger partial charge on any atom is 0.407 e. The average Bonchev–Trinajstić information content (AvgIpc) is 3.36. The third-order valence-electron chi connectivity index (χ3n) is 5.87. The van der Waals surface area contributed by atoms with Crippen LogP contribution in [0.4, 0.5) is 10.5 Å². The van der Waals surface area contributed by atoms with Crippen molar-refractivity contribution >= 4 is 21.8 Å². The Labute approximate surface area is 216 Å². The Morgan fingerprint density at radius 2 is 1.86 bits per heavy atom. The summed E-state index contributed by atoms with van der Waals surface area (Å²) < 4.78 is 38.6. The van der Waals surface area contributed by atoms with Crippen LogP contribution in [0.2, 0.25) is 0 Å². The number of nitrogens with one attached hydrogen (secondary N) is 1. The lowest BCUT2D eigenvalue weighted by molar-refractivity contribution is -0.384. The van der Waals surface area contributed by atoms with E-state index in [2.05, 4.69) is 5.32 Å². The molecule has 1 unspecified atom stereocenters. The predicted molar refractivity (Wildman–Crippen MR) is 135 cm³/mol. The minimum Gasteiger partial charge on any atom is -0.444 e. The van der Waals surface area contributed by atoms with E-state index in [-0.39, 0.29) is 42.1 Å². The van der Waals surface area contributed by atoms with Crippen LogP contribution < -0.4 is 5.32 Å². The average molecular weight is 536 g/mol. The van der Waals surface area contributed by atoms with Gasteiger partial charge in [-0.2, -0.15) is 4.31 Å². The molecule has 0 radical (unpaired) electrons. The molecule has 0 bridgehead atoms. The highest BCUT2D eigenvalue weighted by atomic mass is 32.2. The fourth-order valence-electron chi connectivity index (χ4n) is 4.00. The molecule has 3 rings (SSSR count). The van der Waals surface area contributed by atoms with E-state index in [0.29, 0.717) is 19.6 Å². The number of non-ortho nitro benzene ring substituents is 1. The maximum absolute atomic E-state index is 13.4. The Morgan fingerprint density at radius 3 is 2.43 bits per heavy atom. The number of alkyl carbamates (subject to hydrolysis) is 1. The number of rotatable bonds is 12. The van der Waals surface area contributed by atoms with Crippen LogP contribution in [0.5, 0.6) is 0 Å². The lowest BCUT2D eigenvalue weighted by Gasteiger charge is -2.30. The zero-order valence-electron chi connectivity index (χ0n) is 20.9. The molecule has 0 aromatic heterocycles. The molecular formula is C25H33N3O8S. The monoisotopic (exact) mass is 535 g/mol. The standard InChI is InChI=1S/C25H33N3O8S/c1-18(2)15-27(37(33,34)22-10-8-20(9-11-22)28(31)32)16-24(29)23(14-19-6-4-3-5-7-19)26-25(30)36-21-12-13-35-17-21/h3-11,18,21,23-24,29H,12-17H2,1-2H3,(H,26,30)/t21-,23?,24+/m0/s1. The normalized spacial score (nSPS) is 17.5. The molecule has 202 valence electrons. The second-order valence-corrected chi connectivity index (χ2v) is 11.3. The van der Waals surface area contributed by atoms with E-state index in [1.54, 1.807) is 0 Å². The van der Waals surface area contributed by atoms with E-state index in [1.807, 2.05) is 44.2 Å². The molecule has 2 aromatic carbocycles. The fraction of sp³-hybridized carbons (Fsp3) is 0.480. The van der Waals surface area contributed by atoms with Crippen LogP contribution >= 0.6 is 0 Å². The largest absolute Gasteiger partial charge is 0.444 e. The van der Waals surface area contributed by atoms with Gasteiger partial charge in [0.1, 0.15) is 6.10 Å². The number of hydrogen-bond acceptors (Lipinski definition) is 8. The van der Waals surface area contributed by atoms with Crippen LogP contribution in [-0.2, 0) is 25.9 Å². The van der Waals surface area contributed by atoms with Crippen LogP contribution in [0.1, 0.15) is 25.8 Å². The van der Waals surface area contributed by atoms with Crippen molar-refractivity contribution in [3.05, 3.63) is 70.3 Å². The molecule has 1 aliphatic heterocycles. The molecular weight excluding hydrogens is 502 g/mol. The predicted octanol–water partition coefficient (Wildman–Crippen LogP) is 2.73. The number of ether oxygens (including phenoxy) is 2. The van der Waals surface area contributed by atoms with Crippen molar-refractivity contribution in [3.63, 3.8) is 0 Å². The lowest BCUT2D eigenvalue weighted by Crippen LogP contribution is -2.51. The van der Waals surface area contributed by atoms with Gasteiger partial charge in [0.25, 0.3) is 5.69 Å². The summed E-state index contributed by atoms with van der Waals surface area (Å²) >= 11 is 0. The van der Waals surface area contributed by atoms with Gasteiger partial charge in [-0.1, -0.05) is 44.2 Å². The number of nitro benzene ring substituents is 1. The molecule has 1 fully saturated rings. The summed E-state index contributed by atoms with van der Waals surface area (Å²) in [6.07, 6.45) is -1.56. The van der Waals surface area contributed by atoms with Gasteiger partial charge in [-0.25, -0.2) is 13.2 Å². The van der Waals surface area contributed by atoms with Gasteiger partial charge < -0.3 is 19.9 Å². The highest BCUT2D eigenvalue weighted by molar-refractivity contribution is 7.89. The molecule has 0 spiro atoms. The van der Waals surface area contributed by atoms with Gasteiger partial charge in [0, 0.05) is 31.6 Å². The highest BCUT2D eigenvalue weighted by Gasteiger charge is 2.32. The van der Waals surface area contributed by atoms with Gasteiger partial charge in [0.05, 0.1) is 35.2 Å². The molecule has 2 N–H and O–H groups in total. The first kappa shape index (κ1) is 28.5. The molecule has 0 saturated carbocycles. The third kappa shape index (κ3) is 8.22. The maximum atomic E-state index is 13.4. The number of aliphatic hydroxyl groups is 1. The number of nitrogens with zero attached hydrogens (tertiary/aromatic N) is 2. The second kappa shape index (κ2) is 13.0. The van der Waals surface area contributed by atoms with Crippen molar-refractivity contribution in [1.29, 1.82) is 0 Å². The van der Waals surface area contributed by atoms with Gasteiger partial charge in [-0.05, 0) is 30.0 Å². The van der Waals surface area contributed by atoms with Crippen LogP contribution in [0.15, 0.2) is 59.5 Å². The summed E-state index contributed by atoms with van der Waals surface area (Å²) in [5, 5.41) is 24.9. The minimum absolute atomic E-state index is 0.0760. The first-order valence-corrected chi connectivity index (χ1v) is 13.5. The third-order valence-corrected chi connectivity index (χ3v) is 7.72. The Bertz CT molecular complexity index is 1140. The van der Waals surface area contributed by atoms with E-state index < -0.39 is 33.2 Å². The minimum atomic E-state index is -4.10. The Kier molecular flexibility index (Phi) is 9.98. The second-order valence-electron chi connectivity index (χ2n) is 9.37. The van der Waals surface area contributed by atoms with Gasteiger partial charge in [0.15, 0.2) is 0 Å². The quantitative estimate of drug-likeness (QED) is 0.311. The summed E-state index contributed by atoms with van der Waals surface area (Å²) in [5.41, 5.74) is 0.609. The highest BCUT2D eigenvalue weighted by Crippen LogP contribution is 2.22. The van der Waals surface area contributed by atoms with Crippen LogP contribution in [0.3, 0.4) is 0 Å². The molecule has 0 aliphatic carbocycles. The zero-order chi connectivity index (χ0) is 27.0. The smallest absolute Gasteiger partial charge is 0.407 e. The van der Waals surface area contributed by atoms with Crippen molar-refractivity contribution in [2.24, 2.45) is 5.92 Å². The lowest BCUT2D eigenvalue weighted by atomic mass is 10.0. The van der Waals surface area contributed by atoms with Gasteiger partial charge >= 0.3 is 6.09 Å². The molecule has 37 heavy (non-hydrogen) atoms. The van der Waals surface area contributed by atoms with Crippen molar-refractivity contribution in [2.75, 3.05) is 26.3 Å². The number of carbonyl (C=O) groups excluding carboxylic acids is 1. The van der Waals surface area contributed by atoms with Crippen LogP contribution in [0, 0.1) is 16.0 Å². The van der Waals surface area contributed by atoms with E-state index in [1.165, 1.54) is 12.1 Å². The number of amides is 1. The first-order chi connectivity index (χ1) is 17.6. The summed E-state index contributed by atoms with van der Waals surface area (Å²) in [7, 11) is -4.10. The summed E-state index contributed by atoms with van der Waals surface area (Å²) in [4.78, 5) is 22.8. The molecule has 1 heterocycles. The SMILES string of the molecule is CC(C)CN(C[C@@H](O)C(Cc1ccccc1)NC(=O)O[C@H]1CCOC1)S(=O)(=O)c1ccc([N+](=O)[O-])cc1. The molecule has 1 amide bonds. The Morgan fingerprint density at radius 1 is 1.19 bits per heavy atom. The molecule has 2 aromatic rings. The van der Waals surface area contributed by atoms with E-state index in [4.69, 9.17) is 9.47 Å². The van der Waals surface area contributed by atoms with Gasteiger partial charge in [-0.3, -0.25) is 10.1 Å². The van der Waals surface area contributed by atoms with Crippen molar-refractivity contribution in [1.82, 2.24) is 9.62 Å². The Hall–Kier alpha value is -3.06.